The lowest BCUT2D eigenvalue weighted by Gasteiger charge is -2.29. The van der Waals surface area contributed by atoms with E-state index in [0.717, 1.165) is 24.3 Å². The summed E-state index contributed by atoms with van der Waals surface area (Å²) in [5, 5.41) is 7.15. The van der Waals surface area contributed by atoms with E-state index in [1.54, 1.807) is 32.4 Å². The number of benzene rings is 2. The average Bonchev–Trinajstić information content (AvgIpc) is 3.33. The fourth-order valence-electron chi connectivity index (χ4n) is 4.65. The molecule has 0 aliphatic carbocycles. The summed E-state index contributed by atoms with van der Waals surface area (Å²) in [5.74, 6) is 0.744. The number of carbonyl (C=O) groups is 1. The number of amides is 1. The minimum Gasteiger partial charge on any atom is -0.497 e. The Morgan fingerprint density at radius 3 is 2.49 bits per heavy atom. The summed E-state index contributed by atoms with van der Waals surface area (Å²) in [6.07, 6.45) is 2.15. The van der Waals surface area contributed by atoms with Gasteiger partial charge in [0, 0.05) is 62.7 Å². The first-order valence-electron chi connectivity index (χ1n) is 11.4. The second-order valence-corrected chi connectivity index (χ2v) is 8.58. The van der Waals surface area contributed by atoms with Crippen molar-refractivity contribution in [1.29, 1.82) is 0 Å². The summed E-state index contributed by atoms with van der Waals surface area (Å²) in [4.78, 5) is 28.8. The molecule has 0 atom stereocenters. The van der Waals surface area contributed by atoms with E-state index in [1.165, 1.54) is 16.3 Å². The van der Waals surface area contributed by atoms with Crippen molar-refractivity contribution >= 4 is 17.2 Å². The first-order chi connectivity index (χ1) is 17.0. The van der Waals surface area contributed by atoms with Crippen LogP contribution in [0.2, 0.25) is 0 Å². The Balaban J connectivity index is 1.46. The Morgan fingerprint density at radius 2 is 1.80 bits per heavy atom. The molecular weight excluding hydrogens is 446 g/mol. The summed E-state index contributed by atoms with van der Waals surface area (Å²) in [5.41, 5.74) is 3.98. The van der Waals surface area contributed by atoms with Crippen molar-refractivity contribution in [2.75, 3.05) is 26.1 Å². The van der Waals surface area contributed by atoms with Crippen LogP contribution in [-0.2, 0) is 26.6 Å². The van der Waals surface area contributed by atoms with Crippen LogP contribution < -0.4 is 20.3 Å². The number of fused-ring (bicyclic) bond motifs is 2. The zero-order chi connectivity index (χ0) is 24.5. The third kappa shape index (κ3) is 4.26. The van der Waals surface area contributed by atoms with Crippen molar-refractivity contribution < 1.29 is 14.3 Å². The van der Waals surface area contributed by atoms with Gasteiger partial charge >= 0.3 is 0 Å². The summed E-state index contributed by atoms with van der Waals surface area (Å²) >= 11 is 0. The predicted octanol–water partition coefficient (Wildman–Crippen LogP) is 2.86. The molecule has 1 aliphatic rings. The molecule has 0 bridgehead atoms. The number of aromatic nitrogens is 3. The molecular formula is C26H27N5O4. The molecule has 1 amide bonds. The monoisotopic (exact) mass is 473 g/mol. The van der Waals surface area contributed by atoms with Crippen LogP contribution in [0.4, 0.5) is 5.69 Å². The molecule has 0 unspecified atom stereocenters. The molecule has 35 heavy (non-hydrogen) atoms. The molecule has 4 aromatic rings. The standard InChI is InChI=1S/C26H27N5O4/c1-29-23-9-10-30(15-17-7-5-4-6-8-17)16-22(23)26(33)31-25(29)21(14-27-31)24(32)28-18-11-19(34-2)13-20(12-18)35-3/h4-8,11-14H,9-10,15-16H2,1-3H3,(H,28,32). The van der Waals surface area contributed by atoms with E-state index < -0.39 is 0 Å². The van der Waals surface area contributed by atoms with Crippen LogP contribution in [-0.4, -0.2) is 45.8 Å². The highest BCUT2D eigenvalue weighted by molar-refractivity contribution is 6.08. The zero-order valence-corrected chi connectivity index (χ0v) is 19.9. The van der Waals surface area contributed by atoms with Crippen molar-refractivity contribution in [3.8, 4) is 11.5 Å². The van der Waals surface area contributed by atoms with Crippen LogP contribution >= 0.6 is 0 Å². The zero-order valence-electron chi connectivity index (χ0n) is 19.9. The SMILES string of the molecule is COc1cc(NC(=O)c2cnn3c(=O)c4c(n(C)c23)CCN(Cc2ccccc2)C4)cc(OC)c1. The van der Waals surface area contributed by atoms with Crippen LogP contribution in [0.15, 0.2) is 59.5 Å². The second-order valence-electron chi connectivity index (χ2n) is 8.58. The van der Waals surface area contributed by atoms with Gasteiger partial charge < -0.3 is 19.4 Å². The molecule has 2 aromatic heterocycles. The molecule has 0 radical (unpaired) electrons. The maximum atomic E-state index is 13.4. The normalized spacial score (nSPS) is 13.5. The van der Waals surface area contributed by atoms with Gasteiger partial charge in [-0.3, -0.25) is 14.5 Å². The smallest absolute Gasteiger partial charge is 0.279 e. The van der Waals surface area contributed by atoms with Gasteiger partial charge in [-0.1, -0.05) is 30.3 Å². The minimum absolute atomic E-state index is 0.187. The third-order valence-corrected chi connectivity index (χ3v) is 6.41. The first kappa shape index (κ1) is 22.7. The quantitative estimate of drug-likeness (QED) is 0.463. The molecule has 0 fully saturated rings. The maximum Gasteiger partial charge on any atom is 0.279 e. The molecule has 1 N–H and O–H groups in total. The minimum atomic E-state index is -0.369. The number of aryl methyl sites for hydroxylation is 1. The van der Waals surface area contributed by atoms with E-state index in [4.69, 9.17) is 9.47 Å². The van der Waals surface area contributed by atoms with Crippen molar-refractivity contribution in [2.45, 2.75) is 19.5 Å². The molecule has 9 nitrogen and oxygen atoms in total. The van der Waals surface area contributed by atoms with Gasteiger partial charge in [-0.2, -0.15) is 9.61 Å². The van der Waals surface area contributed by atoms with Gasteiger partial charge in [-0.05, 0) is 5.56 Å². The van der Waals surface area contributed by atoms with Crippen molar-refractivity contribution in [2.24, 2.45) is 7.05 Å². The molecule has 0 spiro atoms. The summed E-state index contributed by atoms with van der Waals surface area (Å²) < 4.78 is 13.8. The van der Waals surface area contributed by atoms with Crippen LogP contribution in [0, 0.1) is 0 Å². The number of hydrogen-bond acceptors (Lipinski definition) is 6. The summed E-state index contributed by atoms with van der Waals surface area (Å²) in [6.45, 7) is 2.14. The van der Waals surface area contributed by atoms with Gasteiger partial charge in [0.1, 0.15) is 17.1 Å². The van der Waals surface area contributed by atoms with Crippen molar-refractivity contribution in [3.05, 3.63) is 87.5 Å². The van der Waals surface area contributed by atoms with Crippen molar-refractivity contribution in [3.63, 3.8) is 0 Å². The second kappa shape index (κ2) is 9.27. The Hall–Kier alpha value is -4.11. The summed E-state index contributed by atoms with van der Waals surface area (Å²) in [7, 11) is 4.98. The maximum absolute atomic E-state index is 13.4. The van der Waals surface area contributed by atoms with E-state index >= 15 is 0 Å². The highest BCUT2D eigenvalue weighted by atomic mass is 16.5. The number of anilines is 1. The predicted molar refractivity (Wildman–Crippen MR) is 132 cm³/mol. The van der Waals surface area contributed by atoms with E-state index in [1.807, 2.05) is 29.8 Å². The van der Waals surface area contributed by atoms with Gasteiger partial charge in [0.2, 0.25) is 0 Å². The van der Waals surface area contributed by atoms with Crippen LogP contribution in [0.5, 0.6) is 11.5 Å². The van der Waals surface area contributed by atoms with Gasteiger partial charge in [-0.15, -0.1) is 0 Å². The highest BCUT2D eigenvalue weighted by Crippen LogP contribution is 2.27. The molecule has 1 aliphatic heterocycles. The largest absolute Gasteiger partial charge is 0.497 e. The number of carbonyl (C=O) groups excluding carboxylic acids is 1. The van der Waals surface area contributed by atoms with Crippen LogP contribution in [0.25, 0.3) is 5.65 Å². The number of ether oxygens (including phenoxy) is 2. The van der Waals surface area contributed by atoms with E-state index in [2.05, 4.69) is 27.4 Å². The molecule has 180 valence electrons. The Labute approximate surface area is 202 Å². The van der Waals surface area contributed by atoms with Gasteiger partial charge in [0.15, 0.2) is 5.65 Å². The molecule has 0 saturated carbocycles. The average molecular weight is 474 g/mol. The Kier molecular flexibility index (Phi) is 6.00. The van der Waals surface area contributed by atoms with Gasteiger partial charge in [-0.25, -0.2) is 0 Å². The number of hydrogen-bond donors (Lipinski definition) is 1. The van der Waals surface area contributed by atoms with E-state index in [-0.39, 0.29) is 11.5 Å². The fourth-order valence-corrected chi connectivity index (χ4v) is 4.65. The topological polar surface area (TPSA) is 90.1 Å². The van der Waals surface area contributed by atoms with Crippen LogP contribution in [0.3, 0.4) is 0 Å². The third-order valence-electron chi connectivity index (χ3n) is 6.41. The fraction of sp³-hybridized carbons (Fsp3) is 0.269. The van der Waals surface area contributed by atoms with Crippen LogP contribution in [0.1, 0.15) is 27.2 Å². The molecule has 9 heteroatoms. The molecule has 2 aromatic carbocycles. The Morgan fingerprint density at radius 1 is 1.09 bits per heavy atom. The van der Waals surface area contributed by atoms with Gasteiger partial charge in [0.25, 0.3) is 11.5 Å². The molecule has 3 heterocycles. The number of methoxy groups -OCH3 is 2. The first-order valence-corrected chi connectivity index (χ1v) is 11.4. The lowest BCUT2D eigenvalue weighted by Crippen LogP contribution is -2.38. The van der Waals surface area contributed by atoms with Gasteiger partial charge in [0.05, 0.1) is 26.0 Å². The summed E-state index contributed by atoms with van der Waals surface area (Å²) in [6, 6.07) is 15.4. The lowest BCUT2D eigenvalue weighted by atomic mass is 10.1. The van der Waals surface area contributed by atoms with Crippen molar-refractivity contribution in [1.82, 2.24) is 19.1 Å². The highest BCUT2D eigenvalue weighted by Gasteiger charge is 2.26. The lowest BCUT2D eigenvalue weighted by molar-refractivity contribution is 0.102. The van der Waals surface area contributed by atoms with E-state index in [0.29, 0.717) is 41.4 Å². The number of nitrogens with zero attached hydrogens (tertiary/aromatic N) is 4. The van der Waals surface area contributed by atoms with E-state index in [9.17, 15) is 9.59 Å². The molecule has 5 rings (SSSR count). The number of rotatable bonds is 6. The Bertz CT molecular complexity index is 1440. The number of nitrogens with one attached hydrogen (secondary N) is 1. The molecule has 0 saturated heterocycles.